The molecule has 7 nitrogen and oxygen atoms in total. The van der Waals surface area contributed by atoms with Crippen LogP contribution in [0.2, 0.25) is 0 Å². The number of hydrogen-bond acceptors (Lipinski definition) is 6. The van der Waals surface area contributed by atoms with Crippen LogP contribution in [0.5, 0.6) is 11.5 Å². The van der Waals surface area contributed by atoms with Crippen molar-refractivity contribution in [1.29, 1.82) is 0 Å². The number of amides is 3. The number of thioether (sulfide) groups is 1. The maximum absolute atomic E-state index is 12.7. The second-order valence-corrected chi connectivity index (χ2v) is 7.88. The van der Waals surface area contributed by atoms with Gasteiger partial charge in [-0.3, -0.25) is 19.3 Å². The summed E-state index contributed by atoms with van der Waals surface area (Å²) in [7, 11) is 1.54. The van der Waals surface area contributed by atoms with E-state index in [1.54, 1.807) is 43.5 Å². The number of hydrogen-bond donors (Lipinski definition) is 1. The minimum atomic E-state index is -0.500. The van der Waals surface area contributed by atoms with Crippen molar-refractivity contribution in [2.24, 2.45) is 0 Å². The first-order valence-corrected chi connectivity index (χ1v) is 10.7. The Morgan fingerprint density at radius 2 is 1.94 bits per heavy atom. The number of nitrogens with zero attached hydrogens (tertiary/aromatic N) is 1. The number of methoxy groups -OCH3 is 1. The fourth-order valence-electron chi connectivity index (χ4n) is 2.94. The normalized spacial score (nSPS) is 14.8. The highest BCUT2D eigenvalue weighted by atomic mass is 32.2. The Kier molecular flexibility index (Phi) is 7.36. The lowest BCUT2D eigenvalue weighted by molar-refractivity contribution is -0.127. The molecular weight excluding hydrogens is 416 g/mol. The van der Waals surface area contributed by atoms with Gasteiger partial charge in [0.2, 0.25) is 5.91 Å². The van der Waals surface area contributed by atoms with E-state index in [-0.39, 0.29) is 11.4 Å². The molecular formula is C23H24N2O5S. The Bertz CT molecular complexity index is 1030. The maximum atomic E-state index is 12.7. The molecule has 0 aliphatic carbocycles. The predicted molar refractivity (Wildman–Crippen MR) is 121 cm³/mol. The molecule has 3 rings (SSSR count). The van der Waals surface area contributed by atoms with Crippen LogP contribution in [0, 0.1) is 6.92 Å². The van der Waals surface area contributed by atoms with Crippen molar-refractivity contribution in [1.82, 2.24) is 4.90 Å². The Morgan fingerprint density at radius 1 is 1.16 bits per heavy atom. The first kappa shape index (κ1) is 22.4. The standard InChI is InChI=1S/C23H24N2O5S/c1-4-11-30-18-10-9-16(12-19(18)29-3)13-20-22(27)25(23(28)31-20)14-21(26)24-17-8-6-5-7-15(17)2/h5-10,12-13H,4,11,14H2,1-3H3,(H,24,26)/b20-13-. The molecule has 2 aromatic carbocycles. The minimum Gasteiger partial charge on any atom is -0.493 e. The SMILES string of the molecule is CCCOc1ccc(/C=C2\SC(=O)N(CC(=O)Nc3ccccc3C)C2=O)cc1OC. The first-order valence-electron chi connectivity index (χ1n) is 9.84. The maximum Gasteiger partial charge on any atom is 0.294 e. The molecule has 1 fully saturated rings. The summed E-state index contributed by atoms with van der Waals surface area (Å²) in [5, 5.41) is 2.26. The van der Waals surface area contributed by atoms with Crippen LogP contribution in [-0.4, -0.2) is 42.2 Å². The summed E-state index contributed by atoms with van der Waals surface area (Å²) in [5.41, 5.74) is 2.23. The molecule has 0 bridgehead atoms. The third kappa shape index (κ3) is 5.46. The highest BCUT2D eigenvalue weighted by Gasteiger charge is 2.36. The number of benzene rings is 2. The number of ether oxygens (including phenoxy) is 2. The fraction of sp³-hybridized carbons (Fsp3) is 0.261. The molecule has 8 heteroatoms. The van der Waals surface area contributed by atoms with Crippen molar-refractivity contribution in [3.63, 3.8) is 0 Å². The summed E-state index contributed by atoms with van der Waals surface area (Å²) in [6.45, 7) is 4.10. The molecule has 1 aliphatic rings. The molecule has 0 atom stereocenters. The van der Waals surface area contributed by atoms with Gasteiger partial charge in [-0.25, -0.2) is 0 Å². The number of para-hydroxylation sites is 1. The van der Waals surface area contributed by atoms with Gasteiger partial charge < -0.3 is 14.8 Å². The zero-order valence-corrected chi connectivity index (χ0v) is 18.5. The van der Waals surface area contributed by atoms with E-state index in [2.05, 4.69) is 5.32 Å². The van der Waals surface area contributed by atoms with Gasteiger partial charge in [0, 0.05) is 5.69 Å². The lowest BCUT2D eigenvalue weighted by Gasteiger charge is -2.13. The van der Waals surface area contributed by atoms with Crippen LogP contribution in [0.1, 0.15) is 24.5 Å². The summed E-state index contributed by atoms with van der Waals surface area (Å²) >= 11 is 0.806. The summed E-state index contributed by atoms with van der Waals surface area (Å²) < 4.78 is 11.0. The van der Waals surface area contributed by atoms with Crippen LogP contribution in [0.4, 0.5) is 10.5 Å². The van der Waals surface area contributed by atoms with Crippen molar-refractivity contribution < 1.29 is 23.9 Å². The summed E-state index contributed by atoms with van der Waals surface area (Å²) in [6.07, 6.45) is 2.48. The molecule has 1 N–H and O–H groups in total. The molecule has 3 amide bonds. The number of rotatable bonds is 8. The lowest BCUT2D eigenvalue weighted by Crippen LogP contribution is -2.36. The number of carbonyl (C=O) groups is 3. The van der Waals surface area contributed by atoms with Gasteiger partial charge in [0.25, 0.3) is 11.1 Å². The van der Waals surface area contributed by atoms with Crippen molar-refractivity contribution >= 4 is 40.6 Å². The number of carbonyl (C=O) groups excluding carboxylic acids is 3. The van der Waals surface area contributed by atoms with Crippen molar-refractivity contribution in [3.8, 4) is 11.5 Å². The average molecular weight is 441 g/mol. The summed E-state index contributed by atoms with van der Waals surface area (Å²) in [5.74, 6) is 0.221. The molecule has 31 heavy (non-hydrogen) atoms. The summed E-state index contributed by atoms with van der Waals surface area (Å²) in [6, 6.07) is 12.6. The van der Waals surface area contributed by atoms with Crippen molar-refractivity contribution in [2.75, 3.05) is 25.6 Å². The van der Waals surface area contributed by atoms with E-state index in [1.165, 1.54) is 0 Å². The number of anilines is 1. The number of imide groups is 1. The number of nitrogens with one attached hydrogen (secondary N) is 1. The Morgan fingerprint density at radius 3 is 2.65 bits per heavy atom. The van der Waals surface area contributed by atoms with Gasteiger partial charge in [-0.15, -0.1) is 0 Å². The van der Waals surface area contributed by atoms with Gasteiger partial charge in [0.1, 0.15) is 6.54 Å². The second-order valence-electron chi connectivity index (χ2n) is 6.89. The Hall–Kier alpha value is -3.26. The van der Waals surface area contributed by atoms with Gasteiger partial charge in [0.15, 0.2) is 11.5 Å². The van der Waals surface area contributed by atoms with Crippen LogP contribution >= 0.6 is 11.8 Å². The van der Waals surface area contributed by atoms with Crippen LogP contribution in [0.3, 0.4) is 0 Å². The number of aryl methyl sites for hydroxylation is 1. The van der Waals surface area contributed by atoms with Gasteiger partial charge in [-0.2, -0.15) is 0 Å². The van der Waals surface area contributed by atoms with Crippen molar-refractivity contribution in [3.05, 3.63) is 58.5 Å². The zero-order valence-electron chi connectivity index (χ0n) is 17.6. The van der Waals surface area contributed by atoms with Gasteiger partial charge >= 0.3 is 0 Å². The van der Waals surface area contributed by atoms with E-state index >= 15 is 0 Å². The second kappa shape index (κ2) is 10.2. The molecule has 2 aromatic rings. The topological polar surface area (TPSA) is 84.9 Å². The molecule has 1 aliphatic heterocycles. The predicted octanol–water partition coefficient (Wildman–Crippen LogP) is 4.47. The lowest BCUT2D eigenvalue weighted by atomic mass is 10.2. The smallest absolute Gasteiger partial charge is 0.294 e. The van der Waals surface area contributed by atoms with Gasteiger partial charge in [0.05, 0.1) is 18.6 Å². The van der Waals surface area contributed by atoms with Gasteiger partial charge in [-0.05, 0) is 60.5 Å². The third-order valence-corrected chi connectivity index (χ3v) is 5.45. The van der Waals surface area contributed by atoms with Crippen LogP contribution in [-0.2, 0) is 9.59 Å². The van der Waals surface area contributed by atoms with Gasteiger partial charge in [-0.1, -0.05) is 31.2 Å². The van der Waals surface area contributed by atoms with Crippen LogP contribution in [0.25, 0.3) is 6.08 Å². The van der Waals surface area contributed by atoms with Crippen molar-refractivity contribution in [2.45, 2.75) is 20.3 Å². The van der Waals surface area contributed by atoms with E-state index < -0.39 is 17.1 Å². The molecule has 0 spiro atoms. The van der Waals surface area contributed by atoms with E-state index in [9.17, 15) is 14.4 Å². The molecule has 0 radical (unpaired) electrons. The summed E-state index contributed by atoms with van der Waals surface area (Å²) in [4.78, 5) is 38.6. The quantitative estimate of drug-likeness (QED) is 0.610. The molecule has 0 unspecified atom stereocenters. The largest absolute Gasteiger partial charge is 0.493 e. The molecule has 0 aromatic heterocycles. The minimum absolute atomic E-state index is 0.248. The third-order valence-electron chi connectivity index (χ3n) is 4.54. The monoisotopic (exact) mass is 440 g/mol. The highest BCUT2D eigenvalue weighted by Crippen LogP contribution is 2.34. The van der Waals surface area contributed by atoms with Crippen LogP contribution < -0.4 is 14.8 Å². The fourth-order valence-corrected chi connectivity index (χ4v) is 3.78. The van der Waals surface area contributed by atoms with E-state index in [0.717, 1.165) is 28.6 Å². The molecule has 162 valence electrons. The van der Waals surface area contributed by atoms with E-state index in [0.29, 0.717) is 29.4 Å². The Balaban J connectivity index is 1.71. The van der Waals surface area contributed by atoms with E-state index in [4.69, 9.17) is 9.47 Å². The zero-order chi connectivity index (χ0) is 22.4. The highest BCUT2D eigenvalue weighted by molar-refractivity contribution is 8.18. The Labute approximate surface area is 185 Å². The molecule has 1 saturated heterocycles. The van der Waals surface area contributed by atoms with Crippen LogP contribution in [0.15, 0.2) is 47.4 Å². The molecule has 1 heterocycles. The molecule has 0 saturated carbocycles. The first-order chi connectivity index (χ1) is 14.9. The average Bonchev–Trinajstić information content (AvgIpc) is 3.01. The van der Waals surface area contributed by atoms with E-state index in [1.807, 2.05) is 26.0 Å².